The van der Waals surface area contributed by atoms with E-state index in [1.807, 2.05) is 36.4 Å². The fourth-order valence-corrected chi connectivity index (χ4v) is 1.49. The normalized spacial score (nSPS) is 9.72. The van der Waals surface area contributed by atoms with Crippen molar-refractivity contribution in [1.29, 1.82) is 0 Å². The van der Waals surface area contributed by atoms with Crippen LogP contribution in [0.3, 0.4) is 0 Å². The third kappa shape index (κ3) is 11.5. The van der Waals surface area contributed by atoms with Crippen molar-refractivity contribution in [2.24, 2.45) is 0 Å². The molecule has 4 nitrogen and oxygen atoms in total. The first-order valence-electron chi connectivity index (χ1n) is 8.34. The lowest BCUT2D eigenvalue weighted by Gasteiger charge is -2.02. The molecule has 0 aliphatic heterocycles. The molecule has 0 amide bonds. The average molecular weight is 344 g/mol. The molecule has 4 heteroatoms. The van der Waals surface area contributed by atoms with Gasteiger partial charge in [-0.05, 0) is 31.9 Å². The van der Waals surface area contributed by atoms with Gasteiger partial charge in [0.05, 0.1) is 18.8 Å². The molecule has 0 saturated heterocycles. The third-order valence-corrected chi connectivity index (χ3v) is 2.89. The van der Waals surface area contributed by atoms with E-state index in [-0.39, 0.29) is 11.9 Å². The topological polar surface area (TPSA) is 52.6 Å². The zero-order valence-electron chi connectivity index (χ0n) is 15.4. The van der Waals surface area contributed by atoms with Crippen molar-refractivity contribution in [3.63, 3.8) is 0 Å². The lowest BCUT2D eigenvalue weighted by Crippen LogP contribution is -2.06. The summed E-state index contributed by atoms with van der Waals surface area (Å²) < 4.78 is 9.61. The van der Waals surface area contributed by atoms with Gasteiger partial charge < -0.3 is 9.47 Å². The minimum absolute atomic E-state index is 0.312. The standard InChI is InChI=1S/C15H18O2.C6H10O2/c1-3-4-12-17-15(16)13(2)10-11-14-8-6-5-7-9-14;1-4-8-6(7)5(2)3/h5-11H,2-4,12H2,1H3;2,4H2,1,3H3. The maximum atomic E-state index is 11.5. The Hall–Kier alpha value is -2.62. The van der Waals surface area contributed by atoms with Gasteiger partial charge in [-0.3, -0.25) is 0 Å². The zero-order chi connectivity index (χ0) is 19.1. The highest BCUT2D eigenvalue weighted by Gasteiger charge is 2.04. The SMILES string of the molecule is C=C(C)C(=O)OCC.C=C(C=Cc1ccccc1)C(=O)OCCCC. The fourth-order valence-electron chi connectivity index (χ4n) is 1.49. The second-order valence-electron chi connectivity index (χ2n) is 5.26. The molecule has 1 aromatic carbocycles. The van der Waals surface area contributed by atoms with Gasteiger partial charge >= 0.3 is 11.9 Å². The summed E-state index contributed by atoms with van der Waals surface area (Å²) in [5, 5.41) is 0. The highest BCUT2D eigenvalue weighted by Crippen LogP contribution is 2.05. The van der Waals surface area contributed by atoms with Gasteiger partial charge in [0.1, 0.15) is 0 Å². The van der Waals surface area contributed by atoms with E-state index in [9.17, 15) is 9.59 Å². The average Bonchev–Trinajstić information content (AvgIpc) is 2.61. The molecule has 0 aliphatic rings. The summed E-state index contributed by atoms with van der Waals surface area (Å²) in [4.78, 5) is 21.9. The van der Waals surface area contributed by atoms with Gasteiger partial charge in [0.2, 0.25) is 0 Å². The number of hydrogen-bond acceptors (Lipinski definition) is 4. The van der Waals surface area contributed by atoms with E-state index in [4.69, 9.17) is 4.74 Å². The second-order valence-corrected chi connectivity index (χ2v) is 5.26. The first-order valence-corrected chi connectivity index (χ1v) is 8.34. The Morgan fingerprint density at radius 3 is 2.16 bits per heavy atom. The minimum atomic E-state index is -0.342. The molecule has 1 rings (SSSR count). The summed E-state index contributed by atoms with van der Waals surface area (Å²) in [6.07, 6.45) is 5.44. The number of hydrogen-bond donors (Lipinski definition) is 0. The Bertz CT molecular complexity index is 585. The van der Waals surface area contributed by atoms with Gasteiger partial charge in [0.25, 0.3) is 0 Å². The van der Waals surface area contributed by atoms with Crippen LogP contribution < -0.4 is 0 Å². The Morgan fingerprint density at radius 1 is 1.04 bits per heavy atom. The van der Waals surface area contributed by atoms with Gasteiger partial charge in [-0.15, -0.1) is 0 Å². The molecule has 0 aliphatic carbocycles. The predicted octanol–water partition coefficient (Wildman–Crippen LogP) is 4.72. The molecule has 1 aromatic rings. The number of benzene rings is 1. The van der Waals surface area contributed by atoms with E-state index < -0.39 is 0 Å². The molecule has 0 radical (unpaired) electrons. The summed E-state index contributed by atoms with van der Waals surface area (Å²) in [7, 11) is 0. The molecule has 0 bridgehead atoms. The van der Waals surface area contributed by atoms with Gasteiger partial charge in [0, 0.05) is 5.57 Å². The summed E-state index contributed by atoms with van der Waals surface area (Å²) in [6.45, 7) is 13.4. The van der Waals surface area contributed by atoms with Crippen LogP contribution >= 0.6 is 0 Å². The highest BCUT2D eigenvalue weighted by atomic mass is 16.5. The molecular formula is C21H28O4. The van der Waals surface area contributed by atoms with Crippen molar-refractivity contribution in [3.05, 3.63) is 66.3 Å². The quantitative estimate of drug-likeness (QED) is 0.296. The van der Waals surface area contributed by atoms with E-state index in [1.165, 1.54) is 0 Å². The molecule has 0 spiro atoms. The number of rotatable bonds is 8. The summed E-state index contributed by atoms with van der Waals surface area (Å²) in [5.41, 5.74) is 1.87. The molecule has 0 aromatic heterocycles. The molecule has 0 heterocycles. The Morgan fingerprint density at radius 2 is 1.68 bits per heavy atom. The van der Waals surface area contributed by atoms with Crippen LogP contribution in [0.4, 0.5) is 0 Å². The number of esters is 2. The van der Waals surface area contributed by atoms with Crippen molar-refractivity contribution in [1.82, 2.24) is 0 Å². The van der Waals surface area contributed by atoms with Crippen LogP contribution in [0, 0.1) is 0 Å². The number of unbranched alkanes of at least 4 members (excludes halogenated alkanes) is 1. The van der Waals surface area contributed by atoms with Crippen molar-refractivity contribution >= 4 is 18.0 Å². The number of ether oxygens (including phenoxy) is 2. The zero-order valence-corrected chi connectivity index (χ0v) is 15.4. The molecular weight excluding hydrogens is 316 g/mol. The maximum Gasteiger partial charge on any atom is 0.337 e. The largest absolute Gasteiger partial charge is 0.463 e. The summed E-state index contributed by atoms with van der Waals surface area (Å²) >= 11 is 0. The van der Waals surface area contributed by atoms with Gasteiger partial charge in [-0.2, -0.15) is 0 Å². The lowest BCUT2D eigenvalue weighted by molar-refractivity contribution is -0.139. The molecule has 0 atom stereocenters. The van der Waals surface area contributed by atoms with Gasteiger partial charge in [-0.25, -0.2) is 9.59 Å². The Labute approximate surface area is 150 Å². The van der Waals surface area contributed by atoms with E-state index in [2.05, 4.69) is 24.8 Å². The van der Waals surface area contributed by atoms with Crippen molar-refractivity contribution in [2.45, 2.75) is 33.6 Å². The number of carbonyl (C=O) groups excluding carboxylic acids is 2. The van der Waals surface area contributed by atoms with Gasteiger partial charge in [0.15, 0.2) is 0 Å². The highest BCUT2D eigenvalue weighted by molar-refractivity contribution is 5.92. The van der Waals surface area contributed by atoms with Crippen molar-refractivity contribution < 1.29 is 19.1 Å². The van der Waals surface area contributed by atoms with Crippen molar-refractivity contribution in [3.8, 4) is 0 Å². The van der Waals surface area contributed by atoms with Crippen LogP contribution in [0.15, 0.2) is 60.7 Å². The second kappa shape index (κ2) is 13.8. The fraction of sp³-hybridized carbons (Fsp3) is 0.333. The minimum Gasteiger partial charge on any atom is -0.463 e. The molecule has 0 fully saturated rings. The van der Waals surface area contributed by atoms with Crippen LogP contribution in [-0.2, 0) is 19.1 Å². The maximum absolute atomic E-state index is 11.5. The summed E-state index contributed by atoms with van der Waals surface area (Å²) in [5.74, 6) is -0.655. The van der Waals surface area contributed by atoms with E-state index >= 15 is 0 Å². The van der Waals surface area contributed by atoms with Gasteiger partial charge in [-0.1, -0.05) is 62.9 Å². The molecule has 0 saturated carbocycles. The first kappa shape index (κ1) is 22.4. The van der Waals surface area contributed by atoms with Crippen LogP contribution in [0.25, 0.3) is 6.08 Å². The monoisotopic (exact) mass is 344 g/mol. The third-order valence-electron chi connectivity index (χ3n) is 2.89. The molecule has 0 unspecified atom stereocenters. The lowest BCUT2D eigenvalue weighted by atomic mass is 10.2. The number of carbonyl (C=O) groups is 2. The van der Waals surface area contributed by atoms with Crippen LogP contribution in [0.1, 0.15) is 39.2 Å². The van der Waals surface area contributed by atoms with Crippen LogP contribution in [0.2, 0.25) is 0 Å². The molecule has 0 N–H and O–H groups in total. The van der Waals surface area contributed by atoms with Crippen LogP contribution in [-0.4, -0.2) is 25.2 Å². The predicted molar refractivity (Wildman–Crippen MR) is 102 cm³/mol. The van der Waals surface area contributed by atoms with Crippen molar-refractivity contribution in [2.75, 3.05) is 13.2 Å². The molecule has 136 valence electrons. The Balaban J connectivity index is 0.000000609. The van der Waals surface area contributed by atoms with E-state index in [1.54, 1.807) is 19.9 Å². The van der Waals surface area contributed by atoms with E-state index in [0.717, 1.165) is 18.4 Å². The summed E-state index contributed by atoms with van der Waals surface area (Å²) in [6, 6.07) is 9.77. The smallest absolute Gasteiger partial charge is 0.337 e. The first-order chi connectivity index (χ1) is 11.9. The molecule has 25 heavy (non-hydrogen) atoms. The van der Waals surface area contributed by atoms with Crippen LogP contribution in [0.5, 0.6) is 0 Å². The van der Waals surface area contributed by atoms with E-state index in [0.29, 0.717) is 24.4 Å². The Kier molecular flexibility index (Phi) is 12.3.